The molecule has 0 bridgehead atoms. The Balaban J connectivity index is 0.00000529. The molecule has 0 saturated heterocycles. The molecule has 10 heteroatoms. The number of hydrogen-bond acceptors (Lipinski definition) is 5. The molecule has 144 valence electrons. The van der Waals surface area contributed by atoms with Gasteiger partial charge in [-0.05, 0) is 33.1 Å². The minimum Gasteiger partial charge on any atom is -0.357 e. The molecular weight excluding hydrogens is 465 g/mol. The molecule has 7 nitrogen and oxygen atoms in total. The summed E-state index contributed by atoms with van der Waals surface area (Å²) < 4.78 is 45.4. The van der Waals surface area contributed by atoms with Gasteiger partial charge in [0.25, 0.3) is 0 Å². The fraction of sp³-hybridized carbons (Fsp3) is 0.929. The summed E-state index contributed by atoms with van der Waals surface area (Å²) in [6, 6.07) is -0.0346. The van der Waals surface area contributed by atoms with Crippen LogP contribution in [0.2, 0.25) is 0 Å². The maximum atomic E-state index is 11.5. The van der Waals surface area contributed by atoms with E-state index >= 15 is 0 Å². The molecule has 0 aromatic carbocycles. The summed E-state index contributed by atoms with van der Waals surface area (Å²) in [5.41, 5.74) is -0.216. The summed E-state index contributed by atoms with van der Waals surface area (Å²) in [5, 5.41) is 6.29. The molecule has 2 N–H and O–H groups in total. The van der Waals surface area contributed by atoms with Crippen LogP contribution in [0.5, 0.6) is 0 Å². The van der Waals surface area contributed by atoms with Crippen molar-refractivity contribution in [1.82, 2.24) is 10.6 Å². The molecule has 1 unspecified atom stereocenters. The van der Waals surface area contributed by atoms with E-state index in [4.69, 9.17) is 0 Å². The van der Waals surface area contributed by atoms with Crippen LogP contribution in [0.3, 0.4) is 0 Å². The van der Waals surface area contributed by atoms with Crippen molar-refractivity contribution in [1.29, 1.82) is 0 Å². The Kier molecular flexibility index (Phi) is 9.52. The van der Waals surface area contributed by atoms with Crippen LogP contribution in [0.1, 0.15) is 33.1 Å². The first-order valence-electron chi connectivity index (χ1n) is 7.85. The van der Waals surface area contributed by atoms with E-state index in [1.54, 1.807) is 0 Å². The van der Waals surface area contributed by atoms with E-state index in [0.29, 0.717) is 25.5 Å². The van der Waals surface area contributed by atoms with Gasteiger partial charge in [-0.3, -0.25) is 4.99 Å². The van der Waals surface area contributed by atoms with Crippen molar-refractivity contribution in [3.05, 3.63) is 0 Å². The van der Waals surface area contributed by atoms with Gasteiger partial charge in [0.05, 0.1) is 11.5 Å². The SMILES string of the molecule is CCNC(=NCC1(CS(C)(=O)=O)CC1)NC(C)CCS(C)(=O)=O.I. The average Bonchev–Trinajstić information content (AvgIpc) is 3.11. The molecular formula is C14H30IN3O4S2. The highest BCUT2D eigenvalue weighted by molar-refractivity contribution is 14.0. The lowest BCUT2D eigenvalue weighted by Gasteiger charge is -2.19. The molecule has 1 fully saturated rings. The Labute approximate surface area is 163 Å². The van der Waals surface area contributed by atoms with E-state index in [-0.39, 0.29) is 46.9 Å². The summed E-state index contributed by atoms with van der Waals surface area (Å²) in [6.45, 7) is 5.00. The number of sulfone groups is 2. The van der Waals surface area contributed by atoms with Crippen molar-refractivity contribution in [2.24, 2.45) is 10.4 Å². The standard InChI is InChI=1S/C14H29N3O4S2.HI/c1-5-15-13(17-12(2)6-9-22(3,18)19)16-10-14(7-8-14)11-23(4,20)21;/h12H,5-11H2,1-4H3,(H2,15,16,17);1H. The quantitative estimate of drug-likeness (QED) is 0.279. The fourth-order valence-electron chi connectivity index (χ4n) is 2.34. The van der Waals surface area contributed by atoms with Crippen molar-refractivity contribution in [2.45, 2.75) is 39.2 Å². The molecule has 1 aliphatic carbocycles. The van der Waals surface area contributed by atoms with Crippen LogP contribution in [0.15, 0.2) is 4.99 Å². The average molecular weight is 495 g/mol. The maximum absolute atomic E-state index is 11.5. The van der Waals surface area contributed by atoms with Crippen LogP contribution in [0, 0.1) is 5.41 Å². The zero-order valence-corrected chi connectivity index (χ0v) is 18.8. The smallest absolute Gasteiger partial charge is 0.191 e. The highest BCUT2D eigenvalue weighted by atomic mass is 127. The van der Waals surface area contributed by atoms with Gasteiger partial charge in [-0.25, -0.2) is 16.8 Å². The number of hydrogen-bond donors (Lipinski definition) is 2. The molecule has 0 heterocycles. The van der Waals surface area contributed by atoms with Gasteiger partial charge in [-0.2, -0.15) is 0 Å². The van der Waals surface area contributed by atoms with E-state index in [0.717, 1.165) is 12.8 Å². The lowest BCUT2D eigenvalue weighted by molar-refractivity contribution is 0.547. The molecule has 0 amide bonds. The van der Waals surface area contributed by atoms with Crippen LogP contribution in [-0.2, 0) is 19.7 Å². The minimum absolute atomic E-state index is 0. The maximum Gasteiger partial charge on any atom is 0.191 e. The number of aliphatic imine (C=N–C) groups is 1. The van der Waals surface area contributed by atoms with E-state index < -0.39 is 19.7 Å². The Bertz CT molecular complexity index is 628. The number of nitrogens with one attached hydrogen (secondary N) is 2. The van der Waals surface area contributed by atoms with Gasteiger partial charge in [0, 0.05) is 37.1 Å². The summed E-state index contributed by atoms with van der Waals surface area (Å²) >= 11 is 0. The van der Waals surface area contributed by atoms with E-state index in [1.165, 1.54) is 12.5 Å². The normalized spacial score (nSPS) is 18.4. The second-order valence-corrected chi connectivity index (χ2v) is 11.1. The van der Waals surface area contributed by atoms with Gasteiger partial charge in [0.2, 0.25) is 0 Å². The van der Waals surface area contributed by atoms with E-state index in [2.05, 4.69) is 15.6 Å². The lowest BCUT2D eigenvalue weighted by atomic mass is 10.1. The van der Waals surface area contributed by atoms with Crippen molar-refractivity contribution in [3.8, 4) is 0 Å². The number of guanidine groups is 1. The Morgan fingerprint density at radius 3 is 2.17 bits per heavy atom. The van der Waals surface area contributed by atoms with Crippen LogP contribution in [0.25, 0.3) is 0 Å². The van der Waals surface area contributed by atoms with Crippen LogP contribution >= 0.6 is 24.0 Å². The van der Waals surface area contributed by atoms with Crippen molar-refractivity contribution < 1.29 is 16.8 Å². The number of rotatable bonds is 9. The third-order valence-corrected chi connectivity index (χ3v) is 5.86. The highest BCUT2D eigenvalue weighted by Gasteiger charge is 2.45. The fourth-order valence-corrected chi connectivity index (χ4v) is 4.62. The molecule has 0 aromatic heterocycles. The van der Waals surface area contributed by atoms with Gasteiger partial charge in [0.15, 0.2) is 5.96 Å². The zero-order chi connectivity index (χ0) is 17.7. The second-order valence-electron chi connectivity index (χ2n) is 6.73. The molecule has 0 radical (unpaired) electrons. The Hall–Kier alpha value is -0.100. The Morgan fingerprint density at radius 2 is 1.75 bits per heavy atom. The zero-order valence-electron chi connectivity index (χ0n) is 14.8. The van der Waals surface area contributed by atoms with Crippen LogP contribution < -0.4 is 10.6 Å². The lowest BCUT2D eigenvalue weighted by Crippen LogP contribution is -2.43. The van der Waals surface area contributed by atoms with Gasteiger partial charge >= 0.3 is 0 Å². The largest absolute Gasteiger partial charge is 0.357 e. The van der Waals surface area contributed by atoms with E-state index in [1.807, 2.05) is 13.8 Å². The molecule has 1 atom stereocenters. The van der Waals surface area contributed by atoms with Crippen molar-refractivity contribution in [3.63, 3.8) is 0 Å². The highest BCUT2D eigenvalue weighted by Crippen LogP contribution is 2.46. The number of halogens is 1. The van der Waals surface area contributed by atoms with E-state index in [9.17, 15) is 16.8 Å². The molecule has 1 aliphatic rings. The summed E-state index contributed by atoms with van der Waals surface area (Å²) in [6.07, 6.45) is 4.74. The van der Waals surface area contributed by atoms with Gasteiger partial charge < -0.3 is 10.6 Å². The topological polar surface area (TPSA) is 105 Å². The monoisotopic (exact) mass is 495 g/mol. The van der Waals surface area contributed by atoms with Crippen LogP contribution in [-0.4, -0.2) is 65.9 Å². The predicted octanol–water partition coefficient (Wildman–Crippen LogP) is 0.808. The van der Waals surface area contributed by atoms with Gasteiger partial charge in [-0.1, -0.05) is 0 Å². The first-order valence-corrected chi connectivity index (χ1v) is 12.0. The minimum atomic E-state index is -3.00. The number of nitrogens with zero attached hydrogens (tertiary/aromatic N) is 1. The molecule has 1 rings (SSSR count). The molecule has 0 aromatic rings. The molecule has 24 heavy (non-hydrogen) atoms. The first-order chi connectivity index (χ1) is 10.4. The predicted molar refractivity (Wildman–Crippen MR) is 110 cm³/mol. The van der Waals surface area contributed by atoms with Crippen molar-refractivity contribution >= 4 is 49.6 Å². The molecule has 0 spiro atoms. The van der Waals surface area contributed by atoms with Gasteiger partial charge in [-0.15, -0.1) is 24.0 Å². The molecule has 1 saturated carbocycles. The van der Waals surface area contributed by atoms with Crippen LogP contribution in [0.4, 0.5) is 0 Å². The summed E-state index contributed by atoms with van der Waals surface area (Å²) in [5.74, 6) is 0.902. The van der Waals surface area contributed by atoms with Crippen molar-refractivity contribution in [2.75, 3.05) is 37.1 Å². The second kappa shape index (κ2) is 9.56. The van der Waals surface area contributed by atoms with Gasteiger partial charge in [0.1, 0.15) is 19.7 Å². The summed E-state index contributed by atoms with van der Waals surface area (Å²) in [4.78, 5) is 4.50. The Morgan fingerprint density at radius 1 is 1.17 bits per heavy atom. The third-order valence-electron chi connectivity index (χ3n) is 3.75. The third kappa shape index (κ3) is 10.7. The summed E-state index contributed by atoms with van der Waals surface area (Å²) in [7, 11) is -5.98. The first kappa shape index (κ1) is 23.9. The molecule has 0 aliphatic heterocycles.